The molecule has 0 radical (unpaired) electrons. The first kappa shape index (κ1) is 15.0. The number of carboxylic acid groups (broad SMARTS) is 1. The van der Waals surface area contributed by atoms with E-state index < -0.39 is 5.97 Å². The molecule has 1 amide bonds. The summed E-state index contributed by atoms with van der Waals surface area (Å²) in [5.74, 6) is -1.04. The topological polar surface area (TPSA) is 57.6 Å². The highest BCUT2D eigenvalue weighted by molar-refractivity contribution is 9.10. The lowest BCUT2D eigenvalue weighted by Crippen LogP contribution is -2.43. The Hall–Kier alpha value is -1.36. The van der Waals surface area contributed by atoms with Gasteiger partial charge in [-0.2, -0.15) is 0 Å². The summed E-state index contributed by atoms with van der Waals surface area (Å²) in [6.45, 7) is -0.194. The van der Waals surface area contributed by atoms with Gasteiger partial charge in [0, 0.05) is 10.5 Å². The van der Waals surface area contributed by atoms with Crippen LogP contribution in [0.5, 0.6) is 0 Å². The molecule has 20 heavy (non-hydrogen) atoms. The lowest BCUT2D eigenvalue weighted by molar-refractivity contribution is -0.145. The predicted octanol–water partition coefficient (Wildman–Crippen LogP) is 2.85. The van der Waals surface area contributed by atoms with Gasteiger partial charge in [-0.1, -0.05) is 40.9 Å². The van der Waals surface area contributed by atoms with Gasteiger partial charge in [-0.05, 0) is 30.5 Å². The molecule has 108 valence electrons. The van der Waals surface area contributed by atoms with Crippen molar-refractivity contribution in [2.75, 3.05) is 6.54 Å². The van der Waals surface area contributed by atoms with Gasteiger partial charge >= 0.3 is 5.97 Å². The van der Waals surface area contributed by atoms with Crippen molar-refractivity contribution in [3.63, 3.8) is 0 Å². The van der Waals surface area contributed by atoms with Gasteiger partial charge in [-0.15, -0.1) is 0 Å². The molecule has 4 nitrogen and oxygen atoms in total. The van der Waals surface area contributed by atoms with Gasteiger partial charge < -0.3 is 10.0 Å². The number of rotatable bonds is 5. The van der Waals surface area contributed by atoms with Gasteiger partial charge in [0.1, 0.15) is 6.54 Å². The number of aliphatic carboxylic acids is 1. The molecular formula is C15H18BrNO3. The molecule has 1 fully saturated rings. The van der Waals surface area contributed by atoms with E-state index in [2.05, 4.69) is 15.9 Å². The number of hydrogen-bond acceptors (Lipinski definition) is 2. The first-order valence-electron chi connectivity index (χ1n) is 6.82. The third kappa shape index (κ3) is 4.07. The van der Waals surface area contributed by atoms with Crippen LogP contribution in [-0.4, -0.2) is 34.5 Å². The molecule has 1 aliphatic carbocycles. The van der Waals surface area contributed by atoms with Crippen molar-refractivity contribution < 1.29 is 14.7 Å². The van der Waals surface area contributed by atoms with E-state index in [9.17, 15) is 9.59 Å². The summed E-state index contributed by atoms with van der Waals surface area (Å²) in [6.07, 6.45) is 4.24. The average molecular weight is 340 g/mol. The molecule has 0 spiro atoms. The lowest BCUT2D eigenvalue weighted by atomic mass is 10.1. The Kier molecular flexibility index (Phi) is 5.17. The maximum atomic E-state index is 12.4. The Morgan fingerprint density at radius 1 is 1.20 bits per heavy atom. The summed E-state index contributed by atoms with van der Waals surface area (Å²) in [5.41, 5.74) is 0.909. The third-order valence-corrected chi connectivity index (χ3v) is 4.19. The highest BCUT2D eigenvalue weighted by Gasteiger charge is 2.28. The third-order valence-electron chi connectivity index (χ3n) is 3.66. The zero-order valence-corrected chi connectivity index (χ0v) is 12.8. The van der Waals surface area contributed by atoms with Crippen LogP contribution in [0.3, 0.4) is 0 Å². The molecule has 0 atom stereocenters. The number of halogens is 1. The van der Waals surface area contributed by atoms with Crippen LogP contribution in [0.15, 0.2) is 28.7 Å². The van der Waals surface area contributed by atoms with Gasteiger partial charge in [0.05, 0.1) is 6.42 Å². The SMILES string of the molecule is O=C(O)CN(C(=O)Cc1ccc(Br)cc1)C1CCCC1. The fourth-order valence-electron chi connectivity index (χ4n) is 2.66. The summed E-state index contributed by atoms with van der Waals surface area (Å²) >= 11 is 3.35. The number of nitrogens with zero attached hydrogens (tertiary/aromatic N) is 1. The van der Waals surface area contributed by atoms with Crippen LogP contribution in [0.2, 0.25) is 0 Å². The van der Waals surface area contributed by atoms with Crippen molar-refractivity contribution >= 4 is 27.8 Å². The number of carbonyl (C=O) groups excluding carboxylic acids is 1. The Labute approximate surface area is 126 Å². The molecule has 1 aromatic carbocycles. The summed E-state index contributed by atoms with van der Waals surface area (Å²) in [5, 5.41) is 9.00. The summed E-state index contributed by atoms with van der Waals surface area (Å²) in [6, 6.07) is 7.64. The van der Waals surface area contributed by atoms with Crippen LogP contribution in [0.4, 0.5) is 0 Å². The second-order valence-electron chi connectivity index (χ2n) is 5.16. The van der Waals surface area contributed by atoms with E-state index in [1.165, 1.54) is 4.90 Å². The first-order valence-corrected chi connectivity index (χ1v) is 7.61. The van der Waals surface area contributed by atoms with Crippen molar-refractivity contribution in [2.45, 2.75) is 38.1 Å². The molecular weight excluding hydrogens is 322 g/mol. The van der Waals surface area contributed by atoms with Crippen LogP contribution < -0.4 is 0 Å². The molecule has 0 heterocycles. The minimum atomic E-state index is -0.943. The lowest BCUT2D eigenvalue weighted by Gasteiger charge is -2.27. The molecule has 2 rings (SSSR count). The number of benzene rings is 1. The van der Waals surface area contributed by atoms with Gasteiger partial charge in [0.2, 0.25) is 5.91 Å². The Bertz CT molecular complexity index is 480. The minimum Gasteiger partial charge on any atom is -0.480 e. The molecule has 1 aromatic rings. The molecule has 0 saturated heterocycles. The first-order chi connectivity index (χ1) is 9.56. The van der Waals surface area contributed by atoms with Crippen LogP contribution >= 0.6 is 15.9 Å². The number of hydrogen-bond donors (Lipinski definition) is 1. The van der Waals surface area contributed by atoms with E-state index in [1.807, 2.05) is 24.3 Å². The molecule has 1 N–H and O–H groups in total. The highest BCUT2D eigenvalue weighted by atomic mass is 79.9. The monoisotopic (exact) mass is 339 g/mol. The maximum Gasteiger partial charge on any atom is 0.323 e. The van der Waals surface area contributed by atoms with Crippen LogP contribution in [-0.2, 0) is 16.0 Å². The molecule has 5 heteroatoms. The second kappa shape index (κ2) is 6.88. The standard InChI is InChI=1S/C15H18BrNO3/c16-12-7-5-11(6-8-12)9-14(18)17(10-15(19)20)13-3-1-2-4-13/h5-8,13H,1-4,9-10H2,(H,19,20). The van der Waals surface area contributed by atoms with Crippen LogP contribution in [0, 0.1) is 0 Å². The number of amides is 1. The highest BCUT2D eigenvalue weighted by Crippen LogP contribution is 2.24. The van der Waals surface area contributed by atoms with Crippen LogP contribution in [0.25, 0.3) is 0 Å². The van der Waals surface area contributed by atoms with Crippen molar-refractivity contribution in [3.8, 4) is 0 Å². The Morgan fingerprint density at radius 3 is 2.35 bits per heavy atom. The van der Waals surface area contributed by atoms with E-state index in [0.29, 0.717) is 0 Å². The van der Waals surface area contributed by atoms with E-state index in [0.717, 1.165) is 35.7 Å². The van der Waals surface area contributed by atoms with Crippen molar-refractivity contribution in [1.29, 1.82) is 0 Å². The zero-order valence-electron chi connectivity index (χ0n) is 11.2. The minimum absolute atomic E-state index is 0.0917. The largest absolute Gasteiger partial charge is 0.480 e. The second-order valence-corrected chi connectivity index (χ2v) is 6.07. The van der Waals surface area contributed by atoms with Gasteiger partial charge in [-0.3, -0.25) is 9.59 Å². The van der Waals surface area contributed by atoms with Crippen molar-refractivity contribution in [3.05, 3.63) is 34.3 Å². The zero-order chi connectivity index (χ0) is 14.5. The summed E-state index contributed by atoms with van der Waals surface area (Å²) in [7, 11) is 0. The summed E-state index contributed by atoms with van der Waals surface area (Å²) in [4.78, 5) is 24.9. The molecule has 0 unspecified atom stereocenters. The fourth-order valence-corrected chi connectivity index (χ4v) is 2.93. The molecule has 1 aliphatic rings. The molecule has 0 bridgehead atoms. The van der Waals surface area contributed by atoms with E-state index in [4.69, 9.17) is 5.11 Å². The van der Waals surface area contributed by atoms with Crippen molar-refractivity contribution in [1.82, 2.24) is 4.90 Å². The van der Waals surface area contributed by atoms with Gasteiger partial charge in [0.15, 0.2) is 0 Å². The van der Waals surface area contributed by atoms with Crippen molar-refractivity contribution in [2.24, 2.45) is 0 Å². The molecule has 0 aliphatic heterocycles. The molecule has 0 aromatic heterocycles. The van der Waals surface area contributed by atoms with E-state index in [-0.39, 0.29) is 24.9 Å². The maximum absolute atomic E-state index is 12.4. The quantitative estimate of drug-likeness (QED) is 0.897. The summed E-state index contributed by atoms with van der Waals surface area (Å²) < 4.78 is 0.965. The fraction of sp³-hybridized carbons (Fsp3) is 0.467. The van der Waals surface area contributed by atoms with E-state index in [1.54, 1.807) is 0 Å². The number of carbonyl (C=O) groups is 2. The number of carboxylic acids is 1. The van der Waals surface area contributed by atoms with Gasteiger partial charge in [-0.25, -0.2) is 0 Å². The predicted molar refractivity (Wildman–Crippen MR) is 79.5 cm³/mol. The molecule has 1 saturated carbocycles. The van der Waals surface area contributed by atoms with E-state index >= 15 is 0 Å². The average Bonchev–Trinajstić information content (AvgIpc) is 2.92. The van der Waals surface area contributed by atoms with Gasteiger partial charge in [0.25, 0.3) is 0 Å². The normalized spacial score (nSPS) is 15.2. The smallest absolute Gasteiger partial charge is 0.323 e. The Morgan fingerprint density at radius 2 is 1.80 bits per heavy atom. The van der Waals surface area contributed by atoms with Crippen LogP contribution in [0.1, 0.15) is 31.2 Å². The Balaban J connectivity index is 2.05.